The van der Waals surface area contributed by atoms with Crippen LogP contribution in [0, 0.1) is 3.57 Å². The van der Waals surface area contributed by atoms with Crippen molar-refractivity contribution in [3.05, 3.63) is 39.9 Å². The van der Waals surface area contributed by atoms with Crippen LogP contribution in [0.1, 0.15) is 17.3 Å². The molecular weight excluding hydrogens is 305 g/mol. The third kappa shape index (κ3) is 2.06. The second-order valence-electron chi connectivity index (χ2n) is 3.03. The smallest absolute Gasteiger partial charge is 0.164 e. The number of rotatable bonds is 2. The highest BCUT2D eigenvalue weighted by Crippen LogP contribution is 2.12. The number of carbonyl (C=O) groups is 1. The average molecular weight is 313 g/mol. The van der Waals surface area contributed by atoms with E-state index in [1.54, 1.807) is 29.2 Å². The van der Waals surface area contributed by atoms with Crippen molar-refractivity contribution in [1.82, 2.24) is 14.8 Å². The Morgan fingerprint density at radius 2 is 2.33 bits per heavy atom. The first-order chi connectivity index (χ1) is 7.18. The van der Waals surface area contributed by atoms with Gasteiger partial charge in [-0.25, -0.2) is 9.67 Å². The summed E-state index contributed by atoms with van der Waals surface area (Å²) in [5.74, 6) is 0.566. The summed E-state index contributed by atoms with van der Waals surface area (Å²) < 4.78 is 2.62. The normalized spacial score (nSPS) is 10.3. The van der Waals surface area contributed by atoms with Crippen molar-refractivity contribution in [1.29, 1.82) is 0 Å². The molecule has 76 valence electrons. The van der Waals surface area contributed by atoms with Gasteiger partial charge in [-0.1, -0.05) is 0 Å². The fourth-order valence-corrected chi connectivity index (χ4v) is 1.66. The molecule has 0 aliphatic heterocycles. The lowest BCUT2D eigenvalue weighted by Gasteiger charge is -2.04. The van der Waals surface area contributed by atoms with Gasteiger partial charge in [0.15, 0.2) is 11.6 Å². The second-order valence-corrected chi connectivity index (χ2v) is 4.28. The molecule has 2 aromatic rings. The SMILES string of the molecule is CC(=O)c1cccnc1-n1cc(I)cn1. The van der Waals surface area contributed by atoms with E-state index in [1.165, 1.54) is 6.92 Å². The molecular formula is C10H8IN3O. The standard InChI is InChI=1S/C10H8IN3O/c1-7(15)9-3-2-4-12-10(9)14-6-8(11)5-13-14/h2-6H,1H3. The largest absolute Gasteiger partial charge is 0.294 e. The maximum atomic E-state index is 11.4. The van der Waals surface area contributed by atoms with Gasteiger partial charge in [-0.2, -0.15) is 5.10 Å². The van der Waals surface area contributed by atoms with Crippen molar-refractivity contribution in [2.45, 2.75) is 6.92 Å². The van der Waals surface area contributed by atoms with Gasteiger partial charge in [0.1, 0.15) is 0 Å². The minimum Gasteiger partial charge on any atom is -0.294 e. The van der Waals surface area contributed by atoms with E-state index >= 15 is 0 Å². The Hall–Kier alpha value is -1.24. The molecule has 0 unspecified atom stereocenters. The first kappa shape index (κ1) is 10.3. The predicted molar refractivity (Wildman–Crippen MR) is 64.1 cm³/mol. The zero-order valence-corrected chi connectivity index (χ0v) is 10.2. The van der Waals surface area contributed by atoms with Crippen molar-refractivity contribution in [2.24, 2.45) is 0 Å². The number of Topliss-reactive ketones (excluding diaryl/α,β-unsaturated/α-hetero) is 1. The van der Waals surface area contributed by atoms with Gasteiger partial charge in [-0.15, -0.1) is 0 Å². The molecule has 0 amide bonds. The Kier molecular flexibility index (Phi) is 2.81. The van der Waals surface area contributed by atoms with Gasteiger partial charge in [0.05, 0.1) is 15.3 Å². The van der Waals surface area contributed by atoms with Gasteiger partial charge in [0.25, 0.3) is 0 Å². The third-order valence-corrected chi connectivity index (χ3v) is 2.49. The van der Waals surface area contributed by atoms with Crippen LogP contribution in [0.15, 0.2) is 30.7 Å². The summed E-state index contributed by atoms with van der Waals surface area (Å²) >= 11 is 2.16. The molecule has 0 aliphatic rings. The lowest BCUT2D eigenvalue weighted by atomic mass is 10.2. The third-order valence-electron chi connectivity index (χ3n) is 1.93. The molecule has 2 aromatic heterocycles. The Balaban J connectivity index is 2.57. The van der Waals surface area contributed by atoms with Crippen LogP contribution in [0.3, 0.4) is 0 Å². The summed E-state index contributed by atoms with van der Waals surface area (Å²) in [4.78, 5) is 15.5. The Morgan fingerprint density at radius 3 is 2.93 bits per heavy atom. The van der Waals surface area contributed by atoms with E-state index in [1.807, 2.05) is 6.20 Å². The van der Waals surface area contributed by atoms with Crippen LogP contribution in [-0.4, -0.2) is 20.5 Å². The Labute approximate surface area is 100 Å². The van der Waals surface area contributed by atoms with Crippen molar-refractivity contribution < 1.29 is 4.79 Å². The highest BCUT2D eigenvalue weighted by atomic mass is 127. The predicted octanol–water partition coefficient (Wildman–Crippen LogP) is 2.07. The second kappa shape index (κ2) is 4.09. The van der Waals surface area contributed by atoms with Gasteiger partial charge in [0, 0.05) is 12.4 Å². The van der Waals surface area contributed by atoms with Crippen molar-refractivity contribution >= 4 is 28.4 Å². The average Bonchev–Trinajstić information content (AvgIpc) is 2.65. The number of aromatic nitrogens is 3. The number of hydrogen-bond donors (Lipinski definition) is 0. The Morgan fingerprint density at radius 1 is 1.53 bits per heavy atom. The molecule has 0 atom stereocenters. The summed E-state index contributed by atoms with van der Waals surface area (Å²) in [7, 11) is 0. The highest BCUT2D eigenvalue weighted by Gasteiger charge is 2.10. The summed E-state index contributed by atoms with van der Waals surface area (Å²) in [6.45, 7) is 1.52. The quantitative estimate of drug-likeness (QED) is 0.630. The van der Waals surface area contributed by atoms with Crippen molar-refractivity contribution in [3.8, 4) is 5.82 Å². The number of pyridine rings is 1. The Bertz CT molecular complexity index is 507. The lowest BCUT2D eigenvalue weighted by Crippen LogP contribution is -2.05. The van der Waals surface area contributed by atoms with E-state index in [2.05, 4.69) is 32.7 Å². The molecule has 4 nitrogen and oxygen atoms in total. The number of hydrogen-bond acceptors (Lipinski definition) is 3. The molecule has 0 saturated carbocycles. The number of ketones is 1. The van der Waals surface area contributed by atoms with Gasteiger partial charge >= 0.3 is 0 Å². The molecule has 2 heterocycles. The zero-order valence-electron chi connectivity index (χ0n) is 8.01. The van der Waals surface area contributed by atoms with E-state index in [0.29, 0.717) is 11.4 Å². The fraction of sp³-hybridized carbons (Fsp3) is 0.100. The van der Waals surface area contributed by atoms with Crippen molar-refractivity contribution in [3.63, 3.8) is 0 Å². The molecule has 0 saturated heterocycles. The summed E-state index contributed by atoms with van der Waals surface area (Å²) in [5.41, 5.74) is 0.581. The molecule has 0 bridgehead atoms. The first-order valence-electron chi connectivity index (χ1n) is 4.35. The molecule has 0 radical (unpaired) electrons. The lowest BCUT2D eigenvalue weighted by molar-refractivity contribution is 0.101. The van der Waals surface area contributed by atoms with E-state index in [4.69, 9.17) is 0 Å². The van der Waals surface area contributed by atoms with Crippen LogP contribution in [0.25, 0.3) is 5.82 Å². The first-order valence-corrected chi connectivity index (χ1v) is 5.43. The van der Waals surface area contributed by atoms with Crippen LogP contribution in [0.5, 0.6) is 0 Å². The molecule has 2 rings (SSSR count). The van der Waals surface area contributed by atoms with Gasteiger partial charge < -0.3 is 0 Å². The van der Waals surface area contributed by atoms with E-state index in [0.717, 1.165) is 3.57 Å². The van der Waals surface area contributed by atoms with E-state index < -0.39 is 0 Å². The fourth-order valence-electron chi connectivity index (χ4n) is 1.27. The highest BCUT2D eigenvalue weighted by molar-refractivity contribution is 14.1. The zero-order chi connectivity index (χ0) is 10.8. The molecule has 5 heteroatoms. The van der Waals surface area contributed by atoms with Crippen LogP contribution >= 0.6 is 22.6 Å². The van der Waals surface area contributed by atoms with Gasteiger partial charge in [-0.3, -0.25) is 4.79 Å². The molecule has 15 heavy (non-hydrogen) atoms. The van der Waals surface area contributed by atoms with Crippen LogP contribution in [0.2, 0.25) is 0 Å². The van der Waals surface area contributed by atoms with Gasteiger partial charge in [0.2, 0.25) is 0 Å². The number of nitrogens with zero attached hydrogens (tertiary/aromatic N) is 3. The molecule has 0 aromatic carbocycles. The van der Waals surface area contributed by atoms with Crippen LogP contribution < -0.4 is 0 Å². The van der Waals surface area contributed by atoms with Crippen LogP contribution in [-0.2, 0) is 0 Å². The van der Waals surface area contributed by atoms with E-state index in [9.17, 15) is 4.79 Å². The van der Waals surface area contributed by atoms with Crippen LogP contribution in [0.4, 0.5) is 0 Å². The summed E-state index contributed by atoms with van der Waals surface area (Å²) in [6, 6.07) is 3.49. The molecule has 0 aliphatic carbocycles. The minimum absolute atomic E-state index is 0.0105. The maximum Gasteiger partial charge on any atom is 0.164 e. The molecule has 0 spiro atoms. The van der Waals surface area contributed by atoms with Crippen molar-refractivity contribution in [2.75, 3.05) is 0 Å². The summed E-state index contributed by atoms with van der Waals surface area (Å²) in [6.07, 6.45) is 5.20. The monoisotopic (exact) mass is 313 g/mol. The summed E-state index contributed by atoms with van der Waals surface area (Å²) in [5, 5.41) is 4.12. The molecule has 0 fully saturated rings. The van der Waals surface area contributed by atoms with E-state index in [-0.39, 0.29) is 5.78 Å². The number of halogens is 1. The minimum atomic E-state index is -0.0105. The maximum absolute atomic E-state index is 11.4. The van der Waals surface area contributed by atoms with Gasteiger partial charge in [-0.05, 0) is 41.6 Å². The number of carbonyl (C=O) groups excluding carboxylic acids is 1. The topological polar surface area (TPSA) is 47.8 Å². The molecule has 0 N–H and O–H groups in total.